The van der Waals surface area contributed by atoms with Gasteiger partial charge < -0.3 is 15.3 Å². The quantitative estimate of drug-likeness (QED) is 0.773. The van der Waals surface area contributed by atoms with Crippen LogP contribution in [-0.2, 0) is 14.4 Å². The molecule has 1 aliphatic rings. The van der Waals surface area contributed by atoms with E-state index in [2.05, 4.69) is 10.2 Å². The van der Waals surface area contributed by atoms with Crippen LogP contribution in [0.25, 0.3) is 0 Å². The molecule has 0 unspecified atom stereocenters. The van der Waals surface area contributed by atoms with Gasteiger partial charge in [-0.3, -0.25) is 14.4 Å². The number of likely N-dealkylation sites (tertiary alicyclic amines) is 1. The third-order valence-electron chi connectivity index (χ3n) is 4.67. The zero-order valence-electron chi connectivity index (χ0n) is 14.9. The average Bonchev–Trinajstić information content (AvgIpc) is 2.43. The predicted octanol–water partition coefficient (Wildman–Crippen LogP) is 1.54. The van der Waals surface area contributed by atoms with Gasteiger partial charge in [0.1, 0.15) is 11.8 Å². The summed E-state index contributed by atoms with van der Waals surface area (Å²) in [6.07, 6.45) is 1.84. The normalized spacial score (nSPS) is 19.9. The lowest BCUT2D eigenvalue weighted by atomic mass is 9.75. The number of amides is 1. The second kappa shape index (κ2) is 7.90. The molecule has 0 aromatic heterocycles. The highest BCUT2D eigenvalue weighted by Gasteiger charge is 2.36. The van der Waals surface area contributed by atoms with Gasteiger partial charge in [0.2, 0.25) is 5.91 Å². The molecule has 0 aromatic rings. The van der Waals surface area contributed by atoms with E-state index in [-0.39, 0.29) is 24.0 Å². The summed E-state index contributed by atoms with van der Waals surface area (Å²) >= 11 is 0. The number of hydrogen-bond acceptors (Lipinski definition) is 4. The smallest absolute Gasteiger partial charge is 0.325 e. The second-order valence-electron chi connectivity index (χ2n) is 7.74. The van der Waals surface area contributed by atoms with Crippen molar-refractivity contribution in [2.45, 2.75) is 53.0 Å². The van der Waals surface area contributed by atoms with Crippen LogP contribution < -0.4 is 5.32 Å². The molecule has 2 N–H and O–H groups in total. The fourth-order valence-electron chi connectivity index (χ4n) is 2.87. The Bertz CT molecular complexity index is 448. The Hall–Kier alpha value is -1.43. The lowest BCUT2D eigenvalue weighted by Crippen LogP contribution is -2.46. The minimum absolute atomic E-state index is 0.0146. The van der Waals surface area contributed by atoms with Crippen LogP contribution in [0.1, 0.15) is 47.0 Å². The van der Waals surface area contributed by atoms with E-state index in [1.54, 1.807) is 0 Å². The number of nitrogens with zero attached hydrogens (tertiary/aromatic N) is 1. The number of Topliss-reactive ketones (excluding diaryl/α,β-unsaturated/α-hetero) is 1. The van der Waals surface area contributed by atoms with Crippen molar-refractivity contribution in [3.05, 3.63) is 0 Å². The largest absolute Gasteiger partial charge is 0.480 e. The first-order valence-electron chi connectivity index (χ1n) is 8.26. The molecular weight excluding hydrogens is 296 g/mol. The molecule has 0 radical (unpaired) electrons. The van der Waals surface area contributed by atoms with Crippen LogP contribution in [0.2, 0.25) is 0 Å². The highest BCUT2D eigenvalue weighted by Crippen LogP contribution is 2.31. The van der Waals surface area contributed by atoms with Crippen molar-refractivity contribution >= 4 is 17.7 Å². The average molecular weight is 326 g/mol. The number of ketones is 1. The van der Waals surface area contributed by atoms with E-state index in [1.807, 2.05) is 27.8 Å². The molecule has 0 aromatic carbocycles. The zero-order valence-corrected chi connectivity index (χ0v) is 14.9. The summed E-state index contributed by atoms with van der Waals surface area (Å²) in [7, 11) is 2.04. The summed E-state index contributed by atoms with van der Waals surface area (Å²) in [5.41, 5.74) is -0.399. The number of rotatable bonds is 6. The molecule has 132 valence electrons. The van der Waals surface area contributed by atoms with E-state index < -0.39 is 23.3 Å². The van der Waals surface area contributed by atoms with E-state index in [1.165, 1.54) is 6.92 Å². The molecule has 0 spiro atoms. The molecule has 0 saturated carbocycles. The Morgan fingerprint density at radius 1 is 1.22 bits per heavy atom. The number of nitrogens with one attached hydrogen (secondary N) is 1. The molecule has 0 bridgehead atoms. The number of piperidine rings is 1. The van der Waals surface area contributed by atoms with E-state index in [4.69, 9.17) is 5.11 Å². The first kappa shape index (κ1) is 19.6. The topological polar surface area (TPSA) is 86.7 Å². The molecule has 1 saturated heterocycles. The molecule has 6 heteroatoms. The van der Waals surface area contributed by atoms with Gasteiger partial charge >= 0.3 is 5.97 Å². The Morgan fingerprint density at radius 3 is 2.17 bits per heavy atom. The van der Waals surface area contributed by atoms with E-state index >= 15 is 0 Å². The molecule has 1 aliphatic heterocycles. The molecule has 6 nitrogen and oxygen atoms in total. The van der Waals surface area contributed by atoms with Gasteiger partial charge in [0.15, 0.2) is 0 Å². The maximum Gasteiger partial charge on any atom is 0.325 e. The van der Waals surface area contributed by atoms with E-state index in [9.17, 15) is 14.4 Å². The first-order chi connectivity index (χ1) is 10.5. The summed E-state index contributed by atoms with van der Waals surface area (Å²) < 4.78 is 0. The Kier molecular flexibility index (Phi) is 6.74. The number of aliphatic carboxylic acids is 1. The van der Waals surface area contributed by atoms with Gasteiger partial charge in [0.25, 0.3) is 0 Å². The predicted molar refractivity (Wildman–Crippen MR) is 88.0 cm³/mol. The van der Waals surface area contributed by atoms with Crippen molar-refractivity contribution in [3.8, 4) is 0 Å². The van der Waals surface area contributed by atoms with Gasteiger partial charge in [-0.1, -0.05) is 20.8 Å². The second-order valence-corrected chi connectivity index (χ2v) is 7.74. The minimum atomic E-state index is -1.08. The summed E-state index contributed by atoms with van der Waals surface area (Å²) in [6.45, 7) is 8.95. The van der Waals surface area contributed by atoms with E-state index in [0.717, 1.165) is 25.9 Å². The Morgan fingerprint density at radius 2 is 1.74 bits per heavy atom. The number of hydrogen-bond donors (Lipinski definition) is 2. The molecule has 0 aliphatic carbocycles. The molecule has 1 amide bonds. The molecule has 1 heterocycles. The van der Waals surface area contributed by atoms with Crippen LogP contribution in [0.5, 0.6) is 0 Å². The van der Waals surface area contributed by atoms with Gasteiger partial charge in [-0.2, -0.15) is 0 Å². The van der Waals surface area contributed by atoms with Crippen LogP contribution >= 0.6 is 0 Å². The zero-order chi connectivity index (χ0) is 17.8. The Balaban J connectivity index is 2.73. The van der Waals surface area contributed by atoms with Gasteiger partial charge in [-0.15, -0.1) is 0 Å². The van der Waals surface area contributed by atoms with Gasteiger partial charge in [0.05, 0.1) is 0 Å². The molecule has 23 heavy (non-hydrogen) atoms. The summed E-state index contributed by atoms with van der Waals surface area (Å²) in [4.78, 5) is 38.1. The van der Waals surface area contributed by atoms with Crippen molar-refractivity contribution in [2.75, 3.05) is 20.1 Å². The van der Waals surface area contributed by atoms with Crippen LogP contribution in [0.4, 0.5) is 0 Å². The lowest BCUT2D eigenvalue weighted by Gasteiger charge is -2.33. The number of carboxylic acid groups (broad SMARTS) is 1. The van der Waals surface area contributed by atoms with E-state index in [0.29, 0.717) is 0 Å². The third kappa shape index (κ3) is 5.94. The van der Waals surface area contributed by atoms with Crippen LogP contribution in [-0.4, -0.2) is 53.8 Å². The number of carboxylic acids is 1. The van der Waals surface area contributed by atoms with Gasteiger partial charge in [0, 0.05) is 18.3 Å². The maximum atomic E-state index is 12.6. The fraction of sp³-hybridized carbons (Fsp3) is 0.824. The Labute approximate surface area is 138 Å². The van der Waals surface area contributed by atoms with Crippen molar-refractivity contribution in [1.82, 2.24) is 10.2 Å². The van der Waals surface area contributed by atoms with Gasteiger partial charge in [-0.25, -0.2) is 0 Å². The van der Waals surface area contributed by atoms with Crippen molar-refractivity contribution in [2.24, 2.45) is 17.3 Å². The van der Waals surface area contributed by atoms with Crippen molar-refractivity contribution in [3.63, 3.8) is 0 Å². The van der Waals surface area contributed by atoms with Crippen molar-refractivity contribution < 1.29 is 19.5 Å². The molecule has 2 atom stereocenters. The number of carbonyl (C=O) groups is 3. The molecular formula is C17H30N2O4. The minimum Gasteiger partial charge on any atom is -0.480 e. The summed E-state index contributed by atoms with van der Waals surface area (Å²) in [5.74, 6) is -1.81. The standard InChI is InChI=1S/C17H30N2O4/c1-11(16(22)23)18-15(21)13(17(2,3)4)10-14(20)12-6-8-19(5)9-7-12/h11-13H,6-10H2,1-5H3,(H,18,21)(H,22,23)/t11-,13+/m0/s1. The first-order valence-corrected chi connectivity index (χ1v) is 8.26. The number of carbonyl (C=O) groups excluding carboxylic acids is 2. The van der Waals surface area contributed by atoms with Crippen LogP contribution in [0.15, 0.2) is 0 Å². The highest BCUT2D eigenvalue weighted by molar-refractivity contribution is 5.90. The SMILES string of the molecule is C[C@H](NC(=O)[C@@H](CC(=O)C1CCN(C)CC1)C(C)(C)C)C(=O)O. The molecule has 1 rings (SSSR count). The van der Waals surface area contributed by atoms with Crippen LogP contribution in [0.3, 0.4) is 0 Å². The maximum absolute atomic E-state index is 12.6. The summed E-state index contributed by atoms with van der Waals surface area (Å²) in [5, 5.41) is 11.4. The fourth-order valence-corrected chi connectivity index (χ4v) is 2.87. The van der Waals surface area contributed by atoms with Crippen molar-refractivity contribution in [1.29, 1.82) is 0 Å². The monoisotopic (exact) mass is 326 g/mol. The lowest BCUT2D eigenvalue weighted by molar-refractivity contribution is -0.143. The van der Waals surface area contributed by atoms with Crippen LogP contribution in [0, 0.1) is 17.3 Å². The molecule has 1 fully saturated rings. The highest BCUT2D eigenvalue weighted by atomic mass is 16.4. The van der Waals surface area contributed by atoms with Gasteiger partial charge in [-0.05, 0) is 45.3 Å². The third-order valence-corrected chi connectivity index (χ3v) is 4.67. The summed E-state index contributed by atoms with van der Waals surface area (Å²) in [6, 6.07) is -0.953.